The molecule has 1 unspecified atom stereocenters. The largest absolute Gasteiger partial charge is 0.380 e. The summed E-state index contributed by atoms with van der Waals surface area (Å²) in [7, 11) is 3.55. The first-order chi connectivity index (χ1) is 13.8. The third-order valence-electron chi connectivity index (χ3n) is 5.32. The molecule has 1 heterocycles. The summed E-state index contributed by atoms with van der Waals surface area (Å²) in [5.74, 6) is 0.826. The zero-order valence-electron chi connectivity index (χ0n) is 17.4. The van der Waals surface area contributed by atoms with Gasteiger partial charge in [-0.1, -0.05) is 54.6 Å². The maximum Gasteiger partial charge on any atom is 0.191 e. The van der Waals surface area contributed by atoms with Crippen LogP contribution in [0.1, 0.15) is 35.6 Å². The summed E-state index contributed by atoms with van der Waals surface area (Å²) < 4.78 is 5.31. The van der Waals surface area contributed by atoms with Crippen LogP contribution < -0.4 is 10.6 Å². The van der Waals surface area contributed by atoms with E-state index in [0.29, 0.717) is 12.6 Å². The van der Waals surface area contributed by atoms with Crippen molar-refractivity contribution in [2.24, 2.45) is 4.99 Å². The highest BCUT2D eigenvalue weighted by atomic mass is 127. The van der Waals surface area contributed by atoms with Gasteiger partial charge in [0, 0.05) is 27.2 Å². The van der Waals surface area contributed by atoms with Crippen molar-refractivity contribution in [2.45, 2.75) is 32.0 Å². The Morgan fingerprint density at radius 2 is 1.66 bits per heavy atom. The molecule has 2 N–H and O–H groups in total. The molecule has 2 aromatic rings. The third kappa shape index (κ3) is 6.97. The fraction of sp³-hybridized carbons (Fsp3) is 0.435. The molecule has 0 amide bonds. The zero-order chi connectivity index (χ0) is 19.6. The van der Waals surface area contributed by atoms with Crippen LogP contribution in [0.5, 0.6) is 0 Å². The minimum absolute atomic E-state index is 0. The van der Waals surface area contributed by atoms with Crippen molar-refractivity contribution in [1.82, 2.24) is 15.5 Å². The normalized spacial score (nSPS) is 15.6. The maximum atomic E-state index is 5.31. The van der Waals surface area contributed by atoms with Gasteiger partial charge in [-0.3, -0.25) is 9.89 Å². The topological polar surface area (TPSA) is 48.9 Å². The fourth-order valence-electron chi connectivity index (χ4n) is 3.81. The first-order valence-electron chi connectivity index (χ1n) is 10.1. The van der Waals surface area contributed by atoms with Gasteiger partial charge in [-0.25, -0.2) is 0 Å². The molecule has 158 valence electrons. The lowest BCUT2D eigenvalue weighted by Gasteiger charge is -2.29. The van der Waals surface area contributed by atoms with E-state index >= 15 is 0 Å². The Balaban J connectivity index is 0.00000300. The van der Waals surface area contributed by atoms with Gasteiger partial charge in [0.15, 0.2) is 5.96 Å². The summed E-state index contributed by atoms with van der Waals surface area (Å²) in [6.07, 6.45) is 2.57. The summed E-state index contributed by atoms with van der Waals surface area (Å²) in [5, 5.41) is 6.98. The smallest absolute Gasteiger partial charge is 0.191 e. The molecule has 1 aliphatic rings. The van der Waals surface area contributed by atoms with Crippen molar-refractivity contribution in [2.75, 3.05) is 33.8 Å². The number of ether oxygens (including phenoxy) is 1. The highest BCUT2D eigenvalue weighted by Crippen LogP contribution is 2.24. The Kier molecular flexibility index (Phi) is 10.5. The summed E-state index contributed by atoms with van der Waals surface area (Å²) in [6.45, 7) is 4.51. The van der Waals surface area contributed by atoms with E-state index in [1.807, 2.05) is 13.1 Å². The van der Waals surface area contributed by atoms with Crippen molar-refractivity contribution in [1.29, 1.82) is 0 Å². The third-order valence-corrected chi connectivity index (χ3v) is 5.32. The highest BCUT2D eigenvalue weighted by molar-refractivity contribution is 14.0. The minimum Gasteiger partial charge on any atom is -0.380 e. The molecule has 1 aliphatic heterocycles. The van der Waals surface area contributed by atoms with Crippen molar-refractivity contribution in [3.8, 4) is 0 Å². The Bertz CT molecular complexity index is 748. The van der Waals surface area contributed by atoms with Crippen LogP contribution in [0, 0.1) is 0 Å². The predicted octanol–water partition coefficient (Wildman–Crippen LogP) is 3.95. The van der Waals surface area contributed by atoms with E-state index in [1.165, 1.54) is 29.5 Å². The molecule has 2 aromatic carbocycles. The molecule has 1 atom stereocenters. The van der Waals surface area contributed by atoms with Gasteiger partial charge in [-0.05, 0) is 42.6 Å². The summed E-state index contributed by atoms with van der Waals surface area (Å²) in [4.78, 5) is 6.99. The number of benzene rings is 2. The second-order valence-corrected chi connectivity index (χ2v) is 7.18. The SMILES string of the molecule is CN=C(NCc1ccccc1COC)NCC(c1ccccc1)N1CCCC1.I. The Morgan fingerprint density at radius 3 is 2.31 bits per heavy atom. The molecule has 1 fully saturated rings. The Hall–Kier alpha value is -1.64. The standard InChI is InChI=1S/C23H32N4O.HI/c1-24-23(25-16-20-12-6-7-13-21(20)18-28-2)26-17-22(27-14-8-9-15-27)19-10-4-3-5-11-19;/h3-7,10-13,22H,8-9,14-18H2,1-2H3,(H2,24,25,26);1H. The molecule has 0 bridgehead atoms. The van der Waals surface area contributed by atoms with Gasteiger partial charge in [-0.15, -0.1) is 24.0 Å². The molecule has 1 saturated heterocycles. The van der Waals surface area contributed by atoms with Gasteiger partial charge in [0.2, 0.25) is 0 Å². The van der Waals surface area contributed by atoms with Gasteiger partial charge in [0.25, 0.3) is 0 Å². The fourth-order valence-corrected chi connectivity index (χ4v) is 3.81. The zero-order valence-corrected chi connectivity index (χ0v) is 19.8. The summed E-state index contributed by atoms with van der Waals surface area (Å²) >= 11 is 0. The second-order valence-electron chi connectivity index (χ2n) is 7.18. The number of aliphatic imine (C=N–C) groups is 1. The highest BCUT2D eigenvalue weighted by Gasteiger charge is 2.23. The van der Waals surface area contributed by atoms with Crippen LogP contribution >= 0.6 is 24.0 Å². The van der Waals surface area contributed by atoms with Crippen LogP contribution in [0.15, 0.2) is 59.6 Å². The number of nitrogens with one attached hydrogen (secondary N) is 2. The number of hydrogen-bond acceptors (Lipinski definition) is 3. The van der Waals surface area contributed by atoms with E-state index in [-0.39, 0.29) is 24.0 Å². The molecule has 0 saturated carbocycles. The van der Waals surface area contributed by atoms with Crippen LogP contribution in [0.2, 0.25) is 0 Å². The predicted molar refractivity (Wildman–Crippen MR) is 131 cm³/mol. The van der Waals surface area contributed by atoms with E-state index in [0.717, 1.165) is 32.1 Å². The van der Waals surface area contributed by atoms with Crippen LogP contribution in [0.25, 0.3) is 0 Å². The number of hydrogen-bond donors (Lipinski definition) is 2. The number of likely N-dealkylation sites (tertiary alicyclic amines) is 1. The van der Waals surface area contributed by atoms with Crippen LogP contribution in [0.4, 0.5) is 0 Å². The minimum atomic E-state index is 0. The lowest BCUT2D eigenvalue weighted by molar-refractivity contribution is 0.184. The van der Waals surface area contributed by atoms with Crippen molar-refractivity contribution in [3.63, 3.8) is 0 Å². The molecule has 3 rings (SSSR count). The van der Waals surface area contributed by atoms with E-state index in [1.54, 1.807) is 7.11 Å². The molecule has 29 heavy (non-hydrogen) atoms. The lowest BCUT2D eigenvalue weighted by atomic mass is 10.1. The number of halogens is 1. The molecule has 0 radical (unpaired) electrons. The lowest BCUT2D eigenvalue weighted by Crippen LogP contribution is -2.42. The van der Waals surface area contributed by atoms with Gasteiger partial charge >= 0.3 is 0 Å². The van der Waals surface area contributed by atoms with E-state index < -0.39 is 0 Å². The molecular formula is C23H33IN4O. The Morgan fingerprint density at radius 1 is 1.00 bits per heavy atom. The number of nitrogens with zero attached hydrogens (tertiary/aromatic N) is 2. The first-order valence-corrected chi connectivity index (χ1v) is 10.1. The van der Waals surface area contributed by atoms with Gasteiger partial charge in [0.05, 0.1) is 12.6 Å². The summed E-state index contributed by atoms with van der Waals surface area (Å²) in [6, 6.07) is 19.5. The Labute approximate surface area is 192 Å². The quantitative estimate of drug-likeness (QED) is 0.322. The van der Waals surface area contributed by atoms with Crippen LogP contribution in [-0.2, 0) is 17.9 Å². The molecular weight excluding hydrogens is 475 g/mol. The van der Waals surface area contributed by atoms with Crippen molar-refractivity contribution < 1.29 is 4.74 Å². The van der Waals surface area contributed by atoms with E-state index in [9.17, 15) is 0 Å². The van der Waals surface area contributed by atoms with Crippen molar-refractivity contribution >= 4 is 29.9 Å². The van der Waals surface area contributed by atoms with Crippen LogP contribution in [-0.4, -0.2) is 44.7 Å². The van der Waals surface area contributed by atoms with Crippen molar-refractivity contribution in [3.05, 3.63) is 71.3 Å². The molecule has 6 heteroatoms. The van der Waals surface area contributed by atoms with Gasteiger partial charge < -0.3 is 15.4 Å². The molecule has 0 aliphatic carbocycles. The number of methoxy groups -OCH3 is 1. The van der Waals surface area contributed by atoms with Gasteiger partial charge in [-0.2, -0.15) is 0 Å². The number of rotatable bonds is 8. The average Bonchev–Trinajstić information content (AvgIpc) is 3.27. The summed E-state index contributed by atoms with van der Waals surface area (Å²) in [5.41, 5.74) is 3.79. The molecule has 0 aromatic heterocycles. The molecule has 0 spiro atoms. The van der Waals surface area contributed by atoms with Gasteiger partial charge in [0.1, 0.15) is 0 Å². The first kappa shape index (κ1) is 23.6. The molecule has 5 nitrogen and oxygen atoms in total. The second kappa shape index (κ2) is 12.8. The number of guanidine groups is 1. The van der Waals surface area contributed by atoms with E-state index in [2.05, 4.69) is 69.1 Å². The van der Waals surface area contributed by atoms with E-state index in [4.69, 9.17) is 4.74 Å². The maximum absolute atomic E-state index is 5.31. The monoisotopic (exact) mass is 508 g/mol. The van der Waals surface area contributed by atoms with Crippen LogP contribution in [0.3, 0.4) is 0 Å². The average molecular weight is 508 g/mol.